The van der Waals surface area contributed by atoms with Crippen LogP contribution in [0.25, 0.3) is 0 Å². The number of aryl methyl sites for hydroxylation is 1. The molecule has 0 aromatic carbocycles. The molecule has 2 fully saturated rings. The molecule has 4 nitrogen and oxygen atoms in total. The highest BCUT2D eigenvalue weighted by Crippen LogP contribution is 2.34. The highest BCUT2D eigenvalue weighted by Gasteiger charge is 2.33. The van der Waals surface area contributed by atoms with Gasteiger partial charge in [-0.3, -0.25) is 4.68 Å². The van der Waals surface area contributed by atoms with E-state index in [-0.39, 0.29) is 0 Å². The van der Waals surface area contributed by atoms with Crippen LogP contribution in [-0.4, -0.2) is 35.5 Å². The van der Waals surface area contributed by atoms with Gasteiger partial charge in [-0.15, -0.1) is 0 Å². The van der Waals surface area contributed by atoms with E-state index in [0.29, 0.717) is 6.04 Å². The van der Waals surface area contributed by atoms with Gasteiger partial charge in [-0.2, -0.15) is 5.10 Å². The molecular formula is C13H22N4. The molecule has 1 unspecified atom stereocenters. The van der Waals surface area contributed by atoms with E-state index in [4.69, 9.17) is 0 Å². The highest BCUT2D eigenvalue weighted by molar-refractivity contribution is 5.42. The van der Waals surface area contributed by atoms with Crippen molar-refractivity contribution in [2.75, 3.05) is 24.5 Å². The zero-order chi connectivity index (χ0) is 11.7. The smallest absolute Gasteiger partial charge is 0.0753 e. The minimum atomic E-state index is 0.697. The molecule has 1 N–H and O–H groups in total. The third-order valence-corrected chi connectivity index (χ3v) is 3.93. The number of nitrogens with one attached hydrogen (secondary N) is 1. The van der Waals surface area contributed by atoms with Crippen LogP contribution in [0.3, 0.4) is 0 Å². The minimum Gasteiger partial charge on any atom is -0.367 e. The molecule has 1 atom stereocenters. The summed E-state index contributed by atoms with van der Waals surface area (Å²) in [6, 6.07) is 0.697. The lowest BCUT2D eigenvalue weighted by molar-refractivity contribution is 0.490. The fourth-order valence-corrected chi connectivity index (χ4v) is 2.69. The summed E-state index contributed by atoms with van der Waals surface area (Å²) in [5, 5.41) is 8.08. The van der Waals surface area contributed by atoms with Gasteiger partial charge in [0.1, 0.15) is 0 Å². The van der Waals surface area contributed by atoms with E-state index in [0.717, 1.165) is 25.6 Å². The predicted molar refractivity (Wildman–Crippen MR) is 69.2 cm³/mol. The van der Waals surface area contributed by atoms with E-state index in [2.05, 4.69) is 28.4 Å². The summed E-state index contributed by atoms with van der Waals surface area (Å²) >= 11 is 0. The Morgan fingerprint density at radius 1 is 1.47 bits per heavy atom. The maximum absolute atomic E-state index is 4.38. The topological polar surface area (TPSA) is 33.1 Å². The Morgan fingerprint density at radius 2 is 2.35 bits per heavy atom. The third kappa shape index (κ3) is 2.46. The van der Waals surface area contributed by atoms with Crippen LogP contribution in [-0.2, 0) is 6.54 Å². The average Bonchev–Trinajstić information content (AvgIpc) is 3.11. The fourth-order valence-electron chi connectivity index (χ4n) is 2.69. The zero-order valence-corrected chi connectivity index (χ0v) is 10.6. The van der Waals surface area contributed by atoms with Crippen LogP contribution >= 0.6 is 0 Å². The van der Waals surface area contributed by atoms with Gasteiger partial charge >= 0.3 is 0 Å². The normalized spacial score (nSPS) is 25.9. The zero-order valence-electron chi connectivity index (χ0n) is 10.6. The standard InChI is InChI=1S/C13H22N4/c1-2-17-9-12(8-15-17)16-7-3-6-14-13(10-16)11-4-5-11/h8-9,11,13-14H,2-7,10H2,1H3. The molecule has 3 rings (SSSR count). The molecule has 17 heavy (non-hydrogen) atoms. The van der Waals surface area contributed by atoms with Crippen molar-refractivity contribution < 1.29 is 0 Å². The summed E-state index contributed by atoms with van der Waals surface area (Å²) in [6.07, 6.45) is 8.26. The quantitative estimate of drug-likeness (QED) is 0.860. The molecule has 1 aromatic rings. The first-order valence-corrected chi connectivity index (χ1v) is 6.87. The van der Waals surface area contributed by atoms with E-state index in [1.807, 2.05) is 10.9 Å². The number of hydrogen-bond donors (Lipinski definition) is 1. The Kier molecular flexibility index (Phi) is 3.05. The summed E-state index contributed by atoms with van der Waals surface area (Å²) in [7, 11) is 0. The molecule has 0 bridgehead atoms. The van der Waals surface area contributed by atoms with Gasteiger partial charge in [-0.05, 0) is 38.6 Å². The molecule has 94 valence electrons. The third-order valence-electron chi connectivity index (χ3n) is 3.93. The summed E-state index contributed by atoms with van der Waals surface area (Å²) in [4.78, 5) is 2.50. The summed E-state index contributed by atoms with van der Waals surface area (Å²) in [5.74, 6) is 0.928. The van der Waals surface area contributed by atoms with Crippen molar-refractivity contribution in [1.82, 2.24) is 15.1 Å². The van der Waals surface area contributed by atoms with Crippen molar-refractivity contribution in [3.63, 3.8) is 0 Å². The molecule has 2 heterocycles. The molecule has 0 spiro atoms. The predicted octanol–water partition coefficient (Wildman–Crippen LogP) is 1.48. The first kappa shape index (κ1) is 11.1. The summed E-state index contributed by atoms with van der Waals surface area (Å²) in [6.45, 7) is 6.57. The molecule has 1 aromatic heterocycles. The molecule has 0 amide bonds. The minimum absolute atomic E-state index is 0.697. The molecule has 1 saturated carbocycles. The molecule has 0 radical (unpaired) electrons. The maximum Gasteiger partial charge on any atom is 0.0753 e. The second-order valence-electron chi connectivity index (χ2n) is 5.25. The van der Waals surface area contributed by atoms with Gasteiger partial charge in [-0.25, -0.2) is 0 Å². The van der Waals surface area contributed by atoms with E-state index >= 15 is 0 Å². The van der Waals surface area contributed by atoms with Gasteiger partial charge in [0.25, 0.3) is 0 Å². The highest BCUT2D eigenvalue weighted by atomic mass is 15.3. The molecule has 4 heteroatoms. The van der Waals surface area contributed by atoms with Crippen molar-refractivity contribution in [3.8, 4) is 0 Å². The molecule has 1 aliphatic heterocycles. The molecule has 1 aliphatic carbocycles. The van der Waals surface area contributed by atoms with Crippen molar-refractivity contribution in [3.05, 3.63) is 12.4 Å². The largest absolute Gasteiger partial charge is 0.367 e. The van der Waals surface area contributed by atoms with Crippen LogP contribution in [0.2, 0.25) is 0 Å². The Hall–Kier alpha value is -1.03. The van der Waals surface area contributed by atoms with Crippen molar-refractivity contribution in [1.29, 1.82) is 0 Å². The van der Waals surface area contributed by atoms with Crippen LogP contribution in [0.4, 0.5) is 5.69 Å². The van der Waals surface area contributed by atoms with Crippen LogP contribution < -0.4 is 10.2 Å². The van der Waals surface area contributed by atoms with Gasteiger partial charge < -0.3 is 10.2 Å². The number of anilines is 1. The van der Waals surface area contributed by atoms with E-state index in [1.54, 1.807) is 0 Å². The van der Waals surface area contributed by atoms with Crippen molar-refractivity contribution in [2.24, 2.45) is 5.92 Å². The second kappa shape index (κ2) is 4.69. The number of aromatic nitrogens is 2. The van der Waals surface area contributed by atoms with Crippen molar-refractivity contribution >= 4 is 5.69 Å². The van der Waals surface area contributed by atoms with Crippen LogP contribution in [0.5, 0.6) is 0 Å². The summed E-state index contributed by atoms with van der Waals surface area (Å²) < 4.78 is 2.01. The van der Waals surface area contributed by atoms with Gasteiger partial charge in [0.15, 0.2) is 0 Å². The Balaban J connectivity index is 1.71. The fraction of sp³-hybridized carbons (Fsp3) is 0.769. The molecule has 2 aliphatic rings. The number of rotatable bonds is 3. The number of nitrogens with zero attached hydrogens (tertiary/aromatic N) is 3. The van der Waals surface area contributed by atoms with Crippen LogP contribution in [0.15, 0.2) is 12.4 Å². The molecular weight excluding hydrogens is 212 g/mol. The van der Waals surface area contributed by atoms with Gasteiger partial charge in [0, 0.05) is 31.9 Å². The lowest BCUT2D eigenvalue weighted by Crippen LogP contribution is -2.39. The summed E-state index contributed by atoms with van der Waals surface area (Å²) in [5.41, 5.74) is 1.29. The Labute approximate surface area is 103 Å². The average molecular weight is 234 g/mol. The van der Waals surface area contributed by atoms with Crippen LogP contribution in [0.1, 0.15) is 26.2 Å². The van der Waals surface area contributed by atoms with Crippen LogP contribution in [0, 0.1) is 5.92 Å². The second-order valence-corrected chi connectivity index (χ2v) is 5.25. The Bertz CT molecular complexity index is 369. The van der Waals surface area contributed by atoms with Gasteiger partial charge in [0.05, 0.1) is 11.9 Å². The monoisotopic (exact) mass is 234 g/mol. The maximum atomic E-state index is 4.38. The van der Waals surface area contributed by atoms with Crippen molar-refractivity contribution in [2.45, 2.75) is 38.8 Å². The van der Waals surface area contributed by atoms with Gasteiger partial charge in [-0.1, -0.05) is 0 Å². The first-order valence-electron chi connectivity index (χ1n) is 6.87. The SMILES string of the molecule is CCn1cc(N2CCCNC(C3CC3)C2)cn1. The lowest BCUT2D eigenvalue weighted by Gasteiger charge is -2.24. The number of hydrogen-bond acceptors (Lipinski definition) is 3. The van der Waals surface area contributed by atoms with E-state index < -0.39 is 0 Å². The first-order chi connectivity index (χ1) is 8.36. The van der Waals surface area contributed by atoms with E-state index in [1.165, 1.54) is 31.5 Å². The van der Waals surface area contributed by atoms with Gasteiger partial charge in [0.2, 0.25) is 0 Å². The Morgan fingerprint density at radius 3 is 3.06 bits per heavy atom. The lowest BCUT2D eigenvalue weighted by atomic mass is 10.2. The van der Waals surface area contributed by atoms with E-state index in [9.17, 15) is 0 Å². The molecule has 1 saturated heterocycles.